The highest BCUT2D eigenvalue weighted by Crippen LogP contribution is 2.36. The second kappa shape index (κ2) is 13.1. The van der Waals surface area contributed by atoms with Gasteiger partial charge in [-0.1, -0.05) is 53.8 Å². The number of rotatable bonds is 8. The number of nitro groups is 1. The normalized spacial score (nSPS) is 17.0. The Morgan fingerprint density at radius 1 is 1.07 bits per heavy atom. The Bertz CT molecular complexity index is 2010. The van der Waals surface area contributed by atoms with Crippen molar-refractivity contribution >= 4 is 40.5 Å². The van der Waals surface area contributed by atoms with Crippen LogP contribution >= 0.6 is 11.3 Å². The first kappa shape index (κ1) is 30.9. The van der Waals surface area contributed by atoms with E-state index in [1.54, 1.807) is 44.4 Å². The van der Waals surface area contributed by atoms with E-state index in [9.17, 15) is 19.7 Å². The summed E-state index contributed by atoms with van der Waals surface area (Å²) in [5.41, 5.74) is 2.92. The first-order valence-electron chi connectivity index (χ1n) is 14.9. The van der Waals surface area contributed by atoms with E-state index < -0.39 is 16.9 Å². The highest BCUT2D eigenvalue weighted by molar-refractivity contribution is 7.07. The van der Waals surface area contributed by atoms with Crippen molar-refractivity contribution in [2.75, 3.05) is 51.8 Å². The number of piperazine rings is 1. The van der Waals surface area contributed by atoms with Gasteiger partial charge in [0.1, 0.15) is 5.75 Å². The molecule has 1 unspecified atom stereocenters. The average molecular weight is 640 g/mol. The minimum absolute atomic E-state index is 0.0675. The summed E-state index contributed by atoms with van der Waals surface area (Å²) in [7, 11) is 3.61. The third-order valence-electron chi connectivity index (χ3n) is 8.14. The van der Waals surface area contributed by atoms with Gasteiger partial charge in [0.25, 0.3) is 11.2 Å². The third kappa shape index (κ3) is 5.96. The van der Waals surface area contributed by atoms with Crippen LogP contribution in [0.25, 0.3) is 11.8 Å². The van der Waals surface area contributed by atoms with E-state index >= 15 is 0 Å². The molecule has 0 radical (unpaired) electrons. The zero-order valence-corrected chi connectivity index (χ0v) is 26.5. The second-order valence-corrected chi connectivity index (χ2v) is 12.0. The van der Waals surface area contributed by atoms with Crippen LogP contribution in [0.1, 0.15) is 29.7 Å². The van der Waals surface area contributed by atoms with Gasteiger partial charge in [-0.2, -0.15) is 0 Å². The van der Waals surface area contributed by atoms with E-state index in [1.165, 1.54) is 28.0 Å². The number of hydrogen-bond acceptors (Lipinski definition) is 10. The van der Waals surface area contributed by atoms with Crippen LogP contribution in [0.15, 0.2) is 88.2 Å². The lowest BCUT2D eigenvalue weighted by Crippen LogP contribution is -2.44. The summed E-state index contributed by atoms with van der Waals surface area (Å²) in [5, 5.41) is 11.8. The summed E-state index contributed by atoms with van der Waals surface area (Å²) in [6.45, 7) is 5.05. The van der Waals surface area contributed by atoms with Gasteiger partial charge < -0.3 is 19.3 Å². The molecule has 3 aromatic carbocycles. The number of hydrogen-bond donors (Lipinski definition) is 0. The van der Waals surface area contributed by atoms with Crippen LogP contribution in [0.2, 0.25) is 0 Å². The van der Waals surface area contributed by atoms with Crippen molar-refractivity contribution in [2.24, 2.45) is 4.99 Å². The quantitative estimate of drug-likeness (QED) is 0.163. The lowest BCUT2D eigenvalue weighted by Gasteiger charge is -2.34. The number of carbonyl (C=O) groups is 1. The molecule has 3 heterocycles. The van der Waals surface area contributed by atoms with Gasteiger partial charge >= 0.3 is 5.97 Å². The van der Waals surface area contributed by atoms with Crippen LogP contribution in [0.3, 0.4) is 0 Å². The molecule has 2 aliphatic heterocycles. The van der Waals surface area contributed by atoms with E-state index in [0.29, 0.717) is 37.5 Å². The van der Waals surface area contributed by atoms with Crippen molar-refractivity contribution in [1.29, 1.82) is 0 Å². The van der Waals surface area contributed by atoms with Gasteiger partial charge in [0.2, 0.25) is 0 Å². The molecule has 0 aliphatic carbocycles. The number of thiazole rings is 1. The van der Waals surface area contributed by atoms with Gasteiger partial charge in [-0.15, -0.1) is 0 Å². The number of methoxy groups -OCH3 is 1. The molecule has 0 N–H and O–H groups in total. The van der Waals surface area contributed by atoms with Gasteiger partial charge in [-0.3, -0.25) is 19.5 Å². The largest absolute Gasteiger partial charge is 0.497 e. The molecule has 0 bridgehead atoms. The molecule has 1 aromatic heterocycles. The van der Waals surface area contributed by atoms with Gasteiger partial charge in [0.15, 0.2) is 4.80 Å². The fourth-order valence-corrected chi connectivity index (χ4v) is 6.81. The number of esters is 1. The van der Waals surface area contributed by atoms with Crippen LogP contribution < -0.4 is 24.5 Å². The Hall–Kier alpha value is -5.07. The molecule has 6 rings (SSSR count). The fraction of sp³-hybridized carbons (Fsp3) is 0.265. The first-order chi connectivity index (χ1) is 22.3. The summed E-state index contributed by atoms with van der Waals surface area (Å²) in [5.74, 6) is -0.0160. The van der Waals surface area contributed by atoms with Gasteiger partial charge in [-0.25, -0.2) is 9.79 Å². The molecule has 4 aromatic rings. The fourth-order valence-electron chi connectivity index (χ4n) is 5.82. The smallest absolute Gasteiger partial charge is 0.338 e. The molecule has 2 aliphatic rings. The molecule has 12 heteroatoms. The number of nitrogens with zero attached hydrogens (tertiary/aromatic N) is 5. The number of ether oxygens (including phenoxy) is 2. The SMILES string of the molecule is CCOC(=O)C1=C(c2ccccc2)N=c2s/c(=C/c3cc([N+](=O)[O-])ccc3N3CCN(C)CC3)c(=O)n2C1c1cccc(OC)c1. The number of aromatic nitrogens is 1. The topological polar surface area (TPSA) is 120 Å². The number of non-ortho nitro benzene ring substituents is 1. The molecular weight excluding hydrogens is 606 g/mol. The average Bonchev–Trinajstić information content (AvgIpc) is 3.38. The second-order valence-electron chi connectivity index (χ2n) is 11.0. The molecular formula is C34H33N5O6S. The van der Waals surface area contributed by atoms with E-state index in [2.05, 4.69) is 16.8 Å². The van der Waals surface area contributed by atoms with Gasteiger partial charge in [0, 0.05) is 55.1 Å². The number of anilines is 1. The van der Waals surface area contributed by atoms with Crippen molar-refractivity contribution < 1.29 is 19.2 Å². The Balaban J connectivity index is 1.61. The maximum atomic E-state index is 14.4. The summed E-state index contributed by atoms with van der Waals surface area (Å²) in [6, 6.07) is 20.4. The van der Waals surface area contributed by atoms with E-state index in [1.807, 2.05) is 36.4 Å². The molecule has 46 heavy (non-hydrogen) atoms. The van der Waals surface area contributed by atoms with Crippen LogP contribution in [0.4, 0.5) is 11.4 Å². The number of fused-ring (bicyclic) bond motifs is 1. The van der Waals surface area contributed by atoms with Crippen molar-refractivity contribution in [2.45, 2.75) is 13.0 Å². The monoisotopic (exact) mass is 639 g/mol. The van der Waals surface area contributed by atoms with Gasteiger partial charge in [0.05, 0.1) is 40.5 Å². The predicted molar refractivity (Wildman–Crippen MR) is 177 cm³/mol. The summed E-state index contributed by atoms with van der Waals surface area (Å²) in [6.07, 6.45) is 1.70. The molecule has 1 atom stereocenters. The third-order valence-corrected chi connectivity index (χ3v) is 9.12. The Morgan fingerprint density at radius 2 is 1.83 bits per heavy atom. The lowest BCUT2D eigenvalue weighted by molar-refractivity contribution is -0.384. The van der Waals surface area contributed by atoms with Crippen molar-refractivity contribution in [3.05, 3.63) is 125 Å². The molecule has 0 saturated carbocycles. The van der Waals surface area contributed by atoms with Crippen molar-refractivity contribution in [3.63, 3.8) is 0 Å². The van der Waals surface area contributed by atoms with Gasteiger partial charge in [-0.05, 0) is 43.8 Å². The standard InChI is InChI=1S/C34H33N5O6S/c1-4-45-33(41)29-30(22-9-6-5-7-10-22)35-34-38(31(29)23-11-8-12-26(20-23)44-3)32(40)28(46-34)21-24-19-25(39(42)43)13-14-27(24)37-17-15-36(2)16-18-37/h5-14,19-21,31H,4,15-18H2,1-3H3/b28-21+. The highest BCUT2D eigenvalue weighted by Gasteiger charge is 2.35. The molecule has 1 fully saturated rings. The number of nitro benzene ring substituents is 1. The summed E-state index contributed by atoms with van der Waals surface area (Å²) < 4.78 is 12.9. The highest BCUT2D eigenvalue weighted by atomic mass is 32.1. The first-order valence-corrected chi connectivity index (χ1v) is 15.7. The summed E-state index contributed by atoms with van der Waals surface area (Å²) >= 11 is 1.17. The molecule has 1 saturated heterocycles. The van der Waals surface area contributed by atoms with Crippen LogP contribution in [-0.2, 0) is 9.53 Å². The molecule has 236 valence electrons. The van der Waals surface area contributed by atoms with E-state index in [4.69, 9.17) is 14.5 Å². The maximum absolute atomic E-state index is 14.4. The number of carbonyl (C=O) groups excluding carboxylic acids is 1. The predicted octanol–water partition coefficient (Wildman–Crippen LogP) is 3.60. The zero-order chi connectivity index (χ0) is 32.4. The van der Waals surface area contributed by atoms with Crippen LogP contribution in [-0.4, -0.2) is 67.3 Å². The summed E-state index contributed by atoms with van der Waals surface area (Å²) in [4.78, 5) is 49.1. The number of likely N-dealkylation sites (N-methyl/N-ethyl adjacent to an activating group) is 1. The minimum atomic E-state index is -0.870. The van der Waals surface area contributed by atoms with Crippen LogP contribution in [0, 0.1) is 10.1 Å². The Labute approximate surface area is 269 Å². The maximum Gasteiger partial charge on any atom is 0.338 e. The lowest BCUT2D eigenvalue weighted by atomic mass is 9.93. The molecule has 0 spiro atoms. The van der Waals surface area contributed by atoms with E-state index in [-0.39, 0.29) is 23.4 Å². The van der Waals surface area contributed by atoms with Crippen molar-refractivity contribution in [1.82, 2.24) is 9.47 Å². The van der Waals surface area contributed by atoms with E-state index in [0.717, 1.165) is 31.9 Å². The Morgan fingerprint density at radius 3 is 2.52 bits per heavy atom. The minimum Gasteiger partial charge on any atom is -0.497 e. The van der Waals surface area contributed by atoms with Crippen molar-refractivity contribution in [3.8, 4) is 5.75 Å². The number of benzene rings is 3. The zero-order valence-electron chi connectivity index (χ0n) is 25.7. The molecule has 0 amide bonds. The molecule has 11 nitrogen and oxygen atoms in total. The Kier molecular flexibility index (Phi) is 8.82. The van der Waals surface area contributed by atoms with Crippen LogP contribution in [0.5, 0.6) is 5.75 Å².